The molecule has 0 amide bonds. The Labute approximate surface area is 107 Å². The first kappa shape index (κ1) is 15.0. The Morgan fingerprint density at radius 2 is 1.67 bits per heavy atom. The van der Waals surface area contributed by atoms with Gasteiger partial charge in [-0.3, -0.25) is 4.21 Å². The third-order valence-corrected chi connectivity index (χ3v) is 4.18. The largest absolute Gasteiger partial charge is 0.416 e. The molecule has 100 valence electrons. The molecule has 0 radical (unpaired) electrons. The molecule has 0 aliphatic carbocycles. The van der Waals surface area contributed by atoms with E-state index in [1.54, 1.807) is 26.8 Å². The number of hydrogen-bond donors (Lipinski definition) is 0. The molecule has 0 bridgehead atoms. The van der Waals surface area contributed by atoms with Crippen LogP contribution in [0.2, 0.25) is 0 Å². The topological polar surface area (TPSA) is 17.1 Å². The predicted molar refractivity (Wildman–Crippen MR) is 67.7 cm³/mol. The van der Waals surface area contributed by atoms with Gasteiger partial charge in [-0.05, 0) is 26.8 Å². The molecule has 1 unspecified atom stereocenters. The number of alkyl halides is 3. The average Bonchev–Trinajstić information content (AvgIpc) is 2.24. The summed E-state index contributed by atoms with van der Waals surface area (Å²) in [6, 6.07) is 5.81. The Bertz CT molecular complexity index is 439. The lowest BCUT2D eigenvalue weighted by atomic mass is 10.1. The summed E-state index contributed by atoms with van der Waals surface area (Å²) in [6.45, 7) is 8.22. The van der Waals surface area contributed by atoms with E-state index in [4.69, 9.17) is 0 Å². The molecule has 1 atom stereocenters. The highest BCUT2D eigenvalue weighted by molar-refractivity contribution is 7.86. The van der Waals surface area contributed by atoms with Gasteiger partial charge in [0.1, 0.15) is 0 Å². The van der Waals surface area contributed by atoms with Gasteiger partial charge in [0, 0.05) is 15.2 Å². The van der Waals surface area contributed by atoms with Crippen LogP contribution in [-0.2, 0) is 10.8 Å². The molecule has 1 aromatic carbocycles. The molecule has 0 saturated heterocycles. The smallest absolute Gasteiger partial charge is 0.254 e. The summed E-state index contributed by atoms with van der Waals surface area (Å²) in [5.41, 5.74) is -1.06. The normalized spacial score (nSPS) is 14.3. The monoisotopic (exact) mass is 276 g/mol. The molecule has 1 nitrogen and oxygen atoms in total. The summed E-state index contributed by atoms with van der Waals surface area (Å²) < 4.78 is 49.6. The molecular weight excluding hydrogens is 261 g/mol. The third-order valence-electron chi connectivity index (χ3n) is 2.31. The zero-order valence-electron chi connectivity index (χ0n) is 10.5. The Balaban J connectivity index is 3.33. The quantitative estimate of drug-likeness (QED) is 0.792. The zero-order valence-corrected chi connectivity index (χ0v) is 11.3. The molecule has 1 rings (SSSR count). The van der Waals surface area contributed by atoms with Crippen molar-refractivity contribution in [2.24, 2.45) is 0 Å². The van der Waals surface area contributed by atoms with Gasteiger partial charge in [0.15, 0.2) is 0 Å². The molecule has 1 aromatic rings. The lowest BCUT2D eigenvalue weighted by Crippen LogP contribution is -2.23. The number of rotatable bonds is 2. The second-order valence-corrected chi connectivity index (χ2v) is 7.06. The number of halogens is 3. The van der Waals surface area contributed by atoms with E-state index in [0.717, 1.165) is 0 Å². The highest BCUT2D eigenvalue weighted by Gasteiger charge is 2.35. The molecule has 0 spiro atoms. The average molecular weight is 276 g/mol. The van der Waals surface area contributed by atoms with E-state index in [9.17, 15) is 17.4 Å². The van der Waals surface area contributed by atoms with Gasteiger partial charge in [-0.1, -0.05) is 24.8 Å². The van der Waals surface area contributed by atoms with Gasteiger partial charge < -0.3 is 0 Å². The van der Waals surface area contributed by atoms with Crippen molar-refractivity contribution in [1.29, 1.82) is 0 Å². The van der Waals surface area contributed by atoms with E-state index in [0.29, 0.717) is 0 Å². The fraction of sp³-hybridized carbons (Fsp3) is 0.385. The standard InChI is InChI=1S/C13H15F3OS/c1-9(13(14,15)16)10-7-5-6-8-11(10)18(17)12(2,3)4/h5-8H,1H2,2-4H3. The highest BCUT2D eigenvalue weighted by Crippen LogP contribution is 2.36. The van der Waals surface area contributed by atoms with Gasteiger partial charge in [0.25, 0.3) is 0 Å². The number of hydrogen-bond acceptors (Lipinski definition) is 1. The van der Waals surface area contributed by atoms with Crippen molar-refractivity contribution in [3.8, 4) is 0 Å². The first-order valence-corrected chi connectivity index (χ1v) is 6.47. The summed E-state index contributed by atoms with van der Waals surface area (Å²) in [7, 11) is -1.53. The first-order chi connectivity index (χ1) is 8.05. The van der Waals surface area contributed by atoms with Crippen LogP contribution in [0, 0.1) is 0 Å². The number of allylic oxidation sites excluding steroid dienone is 1. The fourth-order valence-corrected chi connectivity index (χ4v) is 2.61. The van der Waals surface area contributed by atoms with E-state index in [-0.39, 0.29) is 10.5 Å². The van der Waals surface area contributed by atoms with Gasteiger partial charge in [-0.25, -0.2) is 0 Å². The van der Waals surface area contributed by atoms with Crippen LogP contribution < -0.4 is 0 Å². The molecule has 5 heteroatoms. The third kappa shape index (κ3) is 3.22. The van der Waals surface area contributed by atoms with Crippen LogP contribution in [-0.4, -0.2) is 15.1 Å². The van der Waals surface area contributed by atoms with Crippen molar-refractivity contribution in [2.75, 3.05) is 0 Å². The minimum atomic E-state index is -4.52. The van der Waals surface area contributed by atoms with E-state index >= 15 is 0 Å². The second kappa shape index (κ2) is 4.88. The van der Waals surface area contributed by atoms with Gasteiger partial charge >= 0.3 is 6.18 Å². The molecule has 0 heterocycles. The minimum Gasteiger partial charge on any atom is -0.254 e. The van der Waals surface area contributed by atoms with Crippen LogP contribution in [0.1, 0.15) is 26.3 Å². The predicted octanol–water partition coefficient (Wildman–Crippen LogP) is 4.17. The van der Waals surface area contributed by atoms with Gasteiger partial charge in [-0.2, -0.15) is 13.2 Å². The van der Waals surface area contributed by atoms with Crippen molar-refractivity contribution in [1.82, 2.24) is 0 Å². The molecule has 18 heavy (non-hydrogen) atoms. The summed E-state index contributed by atoms with van der Waals surface area (Å²) in [4.78, 5) is 0.173. The van der Waals surface area contributed by atoms with Crippen molar-refractivity contribution in [3.05, 3.63) is 36.4 Å². The maximum atomic E-state index is 12.7. The van der Waals surface area contributed by atoms with Crippen LogP contribution >= 0.6 is 0 Å². The maximum absolute atomic E-state index is 12.7. The zero-order chi connectivity index (χ0) is 14.1. The van der Waals surface area contributed by atoms with Crippen LogP contribution in [0.15, 0.2) is 35.7 Å². The van der Waals surface area contributed by atoms with Crippen LogP contribution in [0.3, 0.4) is 0 Å². The Morgan fingerprint density at radius 1 is 1.17 bits per heavy atom. The van der Waals surface area contributed by atoms with E-state index in [1.807, 2.05) is 0 Å². The van der Waals surface area contributed by atoms with Crippen LogP contribution in [0.25, 0.3) is 5.57 Å². The van der Waals surface area contributed by atoms with Crippen molar-refractivity contribution in [3.63, 3.8) is 0 Å². The Morgan fingerprint density at radius 3 is 2.11 bits per heavy atom. The van der Waals surface area contributed by atoms with E-state index in [2.05, 4.69) is 6.58 Å². The summed E-state index contributed by atoms with van der Waals surface area (Å²) >= 11 is 0. The molecule has 0 N–H and O–H groups in total. The molecule has 0 fully saturated rings. The molecule has 0 aliphatic rings. The van der Waals surface area contributed by atoms with Crippen LogP contribution in [0.4, 0.5) is 13.2 Å². The van der Waals surface area contributed by atoms with Gasteiger partial charge in [0.05, 0.1) is 16.4 Å². The summed E-state index contributed by atoms with van der Waals surface area (Å²) in [6.07, 6.45) is -4.52. The Kier molecular flexibility index (Phi) is 4.05. The van der Waals surface area contributed by atoms with Crippen molar-refractivity contribution in [2.45, 2.75) is 36.6 Å². The molecule has 0 saturated carbocycles. The van der Waals surface area contributed by atoms with Crippen molar-refractivity contribution < 1.29 is 17.4 Å². The molecular formula is C13H15F3OS. The molecule has 0 aromatic heterocycles. The first-order valence-electron chi connectivity index (χ1n) is 5.32. The lowest BCUT2D eigenvalue weighted by molar-refractivity contribution is -0.0688. The second-order valence-electron chi connectivity index (χ2n) is 4.85. The Hall–Kier alpha value is -1.10. The van der Waals surface area contributed by atoms with E-state index in [1.165, 1.54) is 18.2 Å². The minimum absolute atomic E-state index is 0.0988. The van der Waals surface area contributed by atoms with Gasteiger partial charge in [0.2, 0.25) is 0 Å². The van der Waals surface area contributed by atoms with Gasteiger partial charge in [-0.15, -0.1) is 0 Å². The van der Waals surface area contributed by atoms with Crippen molar-refractivity contribution >= 4 is 16.4 Å². The summed E-state index contributed by atoms with van der Waals surface area (Å²) in [5.74, 6) is 0. The fourth-order valence-electron chi connectivity index (χ4n) is 1.36. The van der Waals surface area contributed by atoms with E-state index < -0.39 is 27.3 Å². The highest BCUT2D eigenvalue weighted by atomic mass is 32.2. The van der Waals surface area contributed by atoms with Crippen LogP contribution in [0.5, 0.6) is 0 Å². The molecule has 0 aliphatic heterocycles. The summed E-state index contributed by atoms with van der Waals surface area (Å²) in [5, 5.41) is 0. The maximum Gasteiger partial charge on any atom is 0.416 e. The SMILES string of the molecule is C=C(c1ccccc1S(=O)C(C)(C)C)C(F)(F)F. The number of benzene rings is 1. The lowest BCUT2D eigenvalue weighted by Gasteiger charge is -2.21.